The number of carbonyl (C=O) groups excluding carboxylic acids is 1. The summed E-state index contributed by atoms with van der Waals surface area (Å²) in [5.41, 5.74) is -1.00. The van der Waals surface area contributed by atoms with Gasteiger partial charge in [-0.1, -0.05) is 31.4 Å². The molecule has 10 unspecified atom stereocenters. The van der Waals surface area contributed by atoms with Crippen molar-refractivity contribution in [3.8, 4) is 0 Å². The van der Waals surface area contributed by atoms with Gasteiger partial charge in [0.05, 0.1) is 53.9 Å². The number of aliphatic hydroxyl groups is 2. The standard InChI is InChI=1S/C28H42O7/c1-5-6-7-8-9-24-27(3,31)12-10-21-22(33-24)11-13-28(4)25(34-21)16-23-26(35-28)20(30)15-19(32-23)14-18(2)17-29/h5-7,17,19-26,30-31H,1-2,8-16H2,3-4H3. The average molecular weight is 491 g/mol. The number of fused-ring (bicyclic) bond motifs is 3. The van der Waals surface area contributed by atoms with Crippen LogP contribution in [0.5, 0.6) is 0 Å². The van der Waals surface area contributed by atoms with Crippen molar-refractivity contribution in [3.05, 3.63) is 37.0 Å². The molecule has 4 aliphatic rings. The number of hydrogen-bond acceptors (Lipinski definition) is 7. The lowest BCUT2D eigenvalue weighted by molar-refractivity contribution is -0.291. The molecule has 2 N–H and O–H groups in total. The van der Waals surface area contributed by atoms with Crippen molar-refractivity contribution in [2.75, 3.05) is 0 Å². The predicted octanol–water partition coefficient (Wildman–Crippen LogP) is 3.57. The molecule has 0 spiro atoms. The van der Waals surface area contributed by atoms with Gasteiger partial charge in [0, 0.05) is 19.3 Å². The minimum Gasteiger partial charge on any atom is -0.390 e. The predicted molar refractivity (Wildman–Crippen MR) is 132 cm³/mol. The van der Waals surface area contributed by atoms with Gasteiger partial charge in [-0.25, -0.2) is 0 Å². The van der Waals surface area contributed by atoms with Crippen LogP contribution in [0.15, 0.2) is 37.0 Å². The van der Waals surface area contributed by atoms with E-state index in [0.29, 0.717) is 37.7 Å². The molecule has 10 atom stereocenters. The zero-order valence-corrected chi connectivity index (χ0v) is 21.1. The molecule has 7 nitrogen and oxygen atoms in total. The van der Waals surface area contributed by atoms with Crippen molar-refractivity contribution in [2.24, 2.45) is 0 Å². The molecule has 0 aromatic heterocycles. The van der Waals surface area contributed by atoms with Gasteiger partial charge >= 0.3 is 0 Å². The summed E-state index contributed by atoms with van der Waals surface area (Å²) >= 11 is 0. The quantitative estimate of drug-likeness (QED) is 0.320. The first-order chi connectivity index (χ1) is 16.6. The molecular formula is C28H42O7. The Morgan fingerprint density at radius 2 is 1.83 bits per heavy atom. The highest BCUT2D eigenvalue weighted by atomic mass is 16.6. The fraction of sp³-hybridized carbons (Fsp3) is 0.750. The average Bonchev–Trinajstić information content (AvgIpc) is 3.01. The molecule has 4 rings (SSSR count). The monoisotopic (exact) mass is 490 g/mol. The Balaban J connectivity index is 1.46. The third-order valence-electron chi connectivity index (χ3n) is 8.32. The normalized spacial score (nSPS) is 45.9. The number of ether oxygens (including phenoxy) is 4. The minimum atomic E-state index is -0.917. The van der Waals surface area contributed by atoms with Crippen LogP contribution in [0.4, 0.5) is 0 Å². The van der Waals surface area contributed by atoms with E-state index in [1.165, 1.54) is 0 Å². The third-order valence-corrected chi connectivity index (χ3v) is 8.32. The molecule has 4 fully saturated rings. The number of aldehydes is 1. The van der Waals surface area contributed by atoms with Gasteiger partial charge < -0.3 is 29.2 Å². The second-order valence-electron chi connectivity index (χ2n) is 11.2. The van der Waals surface area contributed by atoms with Crippen molar-refractivity contribution in [1.29, 1.82) is 0 Å². The highest BCUT2D eigenvalue weighted by Gasteiger charge is 2.55. The van der Waals surface area contributed by atoms with Crippen LogP contribution in [0.3, 0.4) is 0 Å². The van der Waals surface area contributed by atoms with Gasteiger partial charge in [-0.3, -0.25) is 4.79 Å². The molecule has 7 heteroatoms. The van der Waals surface area contributed by atoms with Gasteiger partial charge in [0.2, 0.25) is 0 Å². The first-order valence-electron chi connectivity index (χ1n) is 13.1. The third kappa shape index (κ3) is 5.97. The maximum absolute atomic E-state index is 11.1. The second-order valence-corrected chi connectivity index (χ2v) is 11.2. The van der Waals surface area contributed by atoms with Crippen LogP contribution < -0.4 is 0 Å². The van der Waals surface area contributed by atoms with Crippen LogP contribution in [0.1, 0.15) is 71.6 Å². The van der Waals surface area contributed by atoms with Gasteiger partial charge in [-0.05, 0) is 57.9 Å². The van der Waals surface area contributed by atoms with Crippen LogP contribution in [0.25, 0.3) is 0 Å². The lowest BCUT2D eigenvalue weighted by atomic mass is 9.81. The maximum Gasteiger partial charge on any atom is 0.145 e. The summed E-state index contributed by atoms with van der Waals surface area (Å²) in [4.78, 5) is 11.0. The molecule has 4 aliphatic heterocycles. The van der Waals surface area contributed by atoms with Crippen molar-refractivity contribution >= 4 is 6.29 Å². The van der Waals surface area contributed by atoms with Crippen molar-refractivity contribution < 1.29 is 34.0 Å². The van der Waals surface area contributed by atoms with E-state index < -0.39 is 23.4 Å². The van der Waals surface area contributed by atoms with Gasteiger partial charge in [0.25, 0.3) is 0 Å². The molecule has 0 aromatic rings. The fourth-order valence-electron chi connectivity index (χ4n) is 6.21. The Morgan fingerprint density at radius 3 is 2.57 bits per heavy atom. The van der Waals surface area contributed by atoms with Crippen molar-refractivity contribution in [3.63, 3.8) is 0 Å². The Hall–Kier alpha value is -1.35. The first kappa shape index (κ1) is 26.7. The number of hydrogen-bond donors (Lipinski definition) is 2. The number of rotatable bonds is 7. The molecule has 0 saturated carbocycles. The van der Waals surface area contributed by atoms with Crippen molar-refractivity contribution in [2.45, 2.75) is 132 Å². The Kier molecular flexibility index (Phi) is 8.36. The van der Waals surface area contributed by atoms with E-state index in [9.17, 15) is 15.0 Å². The smallest absolute Gasteiger partial charge is 0.145 e. The summed E-state index contributed by atoms with van der Waals surface area (Å²) in [6, 6.07) is 0. The van der Waals surface area contributed by atoms with E-state index in [-0.39, 0.29) is 36.6 Å². The summed E-state index contributed by atoms with van der Waals surface area (Å²) < 4.78 is 26.0. The van der Waals surface area contributed by atoms with Crippen LogP contribution in [-0.2, 0) is 23.7 Å². The zero-order chi connectivity index (χ0) is 25.2. The van der Waals surface area contributed by atoms with E-state index >= 15 is 0 Å². The lowest BCUT2D eigenvalue weighted by Gasteiger charge is -2.51. The molecule has 35 heavy (non-hydrogen) atoms. The van der Waals surface area contributed by atoms with Crippen LogP contribution in [-0.4, -0.2) is 76.5 Å². The fourth-order valence-corrected chi connectivity index (χ4v) is 6.21. The molecule has 0 radical (unpaired) electrons. The SMILES string of the molecule is C=CC=CCCC1OC2CCC3(C)OC4C(O)CC(CC(=C)C=O)OC4CC3OC2CCC1(C)O. The highest BCUT2D eigenvalue weighted by molar-refractivity contribution is 5.72. The van der Waals surface area contributed by atoms with Gasteiger partial charge in [0.1, 0.15) is 12.4 Å². The maximum atomic E-state index is 11.1. The molecular weight excluding hydrogens is 448 g/mol. The molecule has 0 aromatic carbocycles. The Labute approximate surface area is 209 Å². The van der Waals surface area contributed by atoms with Gasteiger partial charge in [0.15, 0.2) is 0 Å². The number of allylic oxidation sites excluding steroid dienone is 3. The van der Waals surface area contributed by atoms with Gasteiger partial charge in [-0.2, -0.15) is 0 Å². The van der Waals surface area contributed by atoms with Crippen LogP contribution in [0, 0.1) is 0 Å². The van der Waals surface area contributed by atoms with E-state index in [4.69, 9.17) is 18.9 Å². The number of aliphatic hydroxyl groups excluding tert-OH is 1. The molecule has 0 amide bonds. The minimum absolute atomic E-state index is 0.125. The molecule has 196 valence electrons. The Bertz CT molecular complexity index is 807. The summed E-state index contributed by atoms with van der Waals surface area (Å²) in [5, 5.41) is 22.0. The summed E-state index contributed by atoms with van der Waals surface area (Å²) in [6.07, 6.45) is 9.86. The zero-order valence-electron chi connectivity index (χ0n) is 21.1. The molecule has 0 aliphatic carbocycles. The molecule has 4 saturated heterocycles. The van der Waals surface area contributed by atoms with Crippen molar-refractivity contribution in [1.82, 2.24) is 0 Å². The topological polar surface area (TPSA) is 94.5 Å². The van der Waals surface area contributed by atoms with E-state index in [2.05, 4.69) is 20.1 Å². The lowest BCUT2D eigenvalue weighted by Crippen LogP contribution is -2.62. The second kappa shape index (κ2) is 11.0. The summed E-state index contributed by atoms with van der Waals surface area (Å²) in [7, 11) is 0. The molecule has 4 heterocycles. The first-order valence-corrected chi connectivity index (χ1v) is 13.1. The molecule has 0 bridgehead atoms. The summed E-state index contributed by atoms with van der Waals surface area (Å²) in [5.74, 6) is 0. The number of carbonyl (C=O) groups is 1. The highest BCUT2D eigenvalue weighted by Crippen LogP contribution is 2.45. The van der Waals surface area contributed by atoms with Crippen LogP contribution in [0.2, 0.25) is 0 Å². The van der Waals surface area contributed by atoms with E-state index in [1.807, 2.05) is 19.1 Å². The van der Waals surface area contributed by atoms with E-state index in [1.54, 1.807) is 6.08 Å². The van der Waals surface area contributed by atoms with Crippen LogP contribution >= 0.6 is 0 Å². The van der Waals surface area contributed by atoms with Gasteiger partial charge in [-0.15, -0.1) is 0 Å². The van der Waals surface area contributed by atoms with E-state index in [0.717, 1.165) is 32.0 Å². The Morgan fingerprint density at radius 1 is 1.09 bits per heavy atom. The summed E-state index contributed by atoms with van der Waals surface area (Å²) in [6.45, 7) is 11.4. The largest absolute Gasteiger partial charge is 0.390 e.